The Morgan fingerprint density at radius 1 is 1.26 bits per heavy atom. The number of rotatable bonds is 5. The lowest BCUT2D eigenvalue weighted by Crippen LogP contribution is -2.49. The second kappa shape index (κ2) is 5.55. The van der Waals surface area contributed by atoms with Crippen molar-refractivity contribution >= 4 is 0 Å². The van der Waals surface area contributed by atoms with Crippen LogP contribution in [0.3, 0.4) is 0 Å². The van der Waals surface area contributed by atoms with Gasteiger partial charge in [-0.3, -0.25) is 16.0 Å². The predicted octanol–water partition coefficient (Wildman–Crippen LogP) is 1.77. The number of hydrazine groups is 1. The molecule has 102 valence electrons. The highest BCUT2D eigenvalue weighted by Crippen LogP contribution is 2.28. The van der Waals surface area contributed by atoms with Crippen LogP contribution in [0.5, 0.6) is 0 Å². The lowest BCUT2D eigenvalue weighted by atomic mass is 9.76. The Morgan fingerprint density at radius 3 is 2.47 bits per heavy atom. The van der Waals surface area contributed by atoms with Crippen LogP contribution >= 0.6 is 0 Å². The average molecular weight is 258 g/mol. The fourth-order valence-corrected chi connectivity index (χ4v) is 2.37. The van der Waals surface area contributed by atoms with Crippen LogP contribution in [-0.2, 0) is 18.9 Å². The molecule has 0 amide bonds. The van der Waals surface area contributed by atoms with Gasteiger partial charge in [0, 0.05) is 31.1 Å². The van der Waals surface area contributed by atoms with Crippen molar-refractivity contribution in [3.8, 4) is 0 Å². The fraction of sp³-hybridized carbons (Fsp3) is 0.400. The molecule has 0 radical (unpaired) electrons. The van der Waals surface area contributed by atoms with E-state index in [9.17, 15) is 0 Å². The zero-order valence-electron chi connectivity index (χ0n) is 11.8. The zero-order chi connectivity index (χ0) is 13.9. The molecule has 0 bridgehead atoms. The third-order valence-corrected chi connectivity index (χ3v) is 3.77. The number of hydrogen-bond donors (Lipinski definition) is 2. The number of hydrogen-bond acceptors (Lipinski definition) is 3. The van der Waals surface area contributed by atoms with Crippen molar-refractivity contribution < 1.29 is 0 Å². The second-order valence-corrected chi connectivity index (χ2v) is 5.49. The Bertz CT molecular complexity index is 516. The van der Waals surface area contributed by atoms with Gasteiger partial charge in [-0.25, -0.2) is 0 Å². The van der Waals surface area contributed by atoms with Gasteiger partial charge >= 0.3 is 0 Å². The summed E-state index contributed by atoms with van der Waals surface area (Å²) in [5, 5.41) is 4.43. The Hall–Kier alpha value is -1.65. The van der Waals surface area contributed by atoms with E-state index in [1.165, 1.54) is 5.56 Å². The zero-order valence-corrected chi connectivity index (χ0v) is 11.8. The summed E-state index contributed by atoms with van der Waals surface area (Å²) in [7, 11) is 1.93. The van der Waals surface area contributed by atoms with Crippen LogP contribution in [0.15, 0.2) is 42.6 Å². The van der Waals surface area contributed by atoms with Crippen molar-refractivity contribution in [1.29, 1.82) is 0 Å². The van der Waals surface area contributed by atoms with Crippen LogP contribution in [0.2, 0.25) is 0 Å². The number of nitrogens with one attached hydrogen (secondary N) is 1. The lowest BCUT2D eigenvalue weighted by molar-refractivity contribution is 0.339. The van der Waals surface area contributed by atoms with Gasteiger partial charge in [-0.15, -0.1) is 0 Å². The third kappa shape index (κ3) is 3.03. The predicted molar refractivity (Wildman–Crippen MR) is 77.5 cm³/mol. The molecule has 0 saturated heterocycles. The standard InChI is InChI=1S/C15H22N4/c1-15(2,12-7-5-4-6-8-12)14(17-16)11-13-9-10-19(3)18-13/h4-10,14,17H,11,16H2,1-3H3. The maximum absolute atomic E-state index is 5.77. The monoisotopic (exact) mass is 258 g/mol. The molecule has 1 aromatic heterocycles. The summed E-state index contributed by atoms with van der Waals surface area (Å²) in [5.74, 6) is 5.77. The molecule has 2 rings (SSSR count). The number of aryl methyl sites for hydroxylation is 1. The number of nitrogens with two attached hydrogens (primary N) is 1. The van der Waals surface area contributed by atoms with Gasteiger partial charge in [0.15, 0.2) is 0 Å². The molecule has 0 spiro atoms. The Labute approximate surface area is 114 Å². The van der Waals surface area contributed by atoms with E-state index in [1.54, 1.807) is 0 Å². The minimum absolute atomic E-state index is 0.0620. The first-order valence-corrected chi connectivity index (χ1v) is 6.54. The van der Waals surface area contributed by atoms with E-state index >= 15 is 0 Å². The Kier molecular flexibility index (Phi) is 4.02. The van der Waals surface area contributed by atoms with Gasteiger partial charge in [0.05, 0.1) is 5.69 Å². The summed E-state index contributed by atoms with van der Waals surface area (Å²) >= 11 is 0. The molecule has 0 aliphatic heterocycles. The van der Waals surface area contributed by atoms with E-state index in [0.717, 1.165) is 12.1 Å². The third-order valence-electron chi connectivity index (χ3n) is 3.77. The van der Waals surface area contributed by atoms with Crippen molar-refractivity contribution in [2.24, 2.45) is 12.9 Å². The molecular weight excluding hydrogens is 236 g/mol. The highest BCUT2D eigenvalue weighted by molar-refractivity contribution is 5.26. The maximum atomic E-state index is 5.77. The Morgan fingerprint density at radius 2 is 1.95 bits per heavy atom. The Balaban J connectivity index is 2.21. The van der Waals surface area contributed by atoms with Gasteiger partial charge in [0.2, 0.25) is 0 Å². The van der Waals surface area contributed by atoms with E-state index in [2.05, 4.69) is 48.6 Å². The normalized spacial score (nSPS) is 13.5. The largest absolute Gasteiger partial charge is 0.276 e. The van der Waals surface area contributed by atoms with E-state index in [0.29, 0.717) is 0 Å². The van der Waals surface area contributed by atoms with Gasteiger partial charge in [-0.2, -0.15) is 5.10 Å². The average Bonchev–Trinajstić information content (AvgIpc) is 2.82. The molecule has 2 aromatic rings. The van der Waals surface area contributed by atoms with Crippen molar-refractivity contribution in [3.63, 3.8) is 0 Å². The summed E-state index contributed by atoms with van der Waals surface area (Å²) in [4.78, 5) is 0. The van der Waals surface area contributed by atoms with Gasteiger partial charge in [-0.05, 0) is 11.6 Å². The van der Waals surface area contributed by atoms with E-state index in [-0.39, 0.29) is 11.5 Å². The van der Waals surface area contributed by atoms with E-state index in [4.69, 9.17) is 5.84 Å². The van der Waals surface area contributed by atoms with Crippen molar-refractivity contribution in [2.45, 2.75) is 31.7 Å². The smallest absolute Gasteiger partial charge is 0.0640 e. The fourth-order valence-electron chi connectivity index (χ4n) is 2.37. The molecule has 1 heterocycles. The van der Waals surface area contributed by atoms with Gasteiger partial charge < -0.3 is 0 Å². The van der Waals surface area contributed by atoms with Crippen LogP contribution in [0.1, 0.15) is 25.1 Å². The summed E-state index contributed by atoms with van der Waals surface area (Å²) in [6, 6.07) is 12.6. The van der Waals surface area contributed by atoms with Crippen LogP contribution in [0.4, 0.5) is 0 Å². The highest BCUT2D eigenvalue weighted by atomic mass is 15.3. The topological polar surface area (TPSA) is 55.9 Å². The van der Waals surface area contributed by atoms with E-state index in [1.807, 2.05) is 30.1 Å². The summed E-state index contributed by atoms with van der Waals surface area (Å²) in [6.45, 7) is 4.41. The number of nitrogens with zero attached hydrogens (tertiary/aromatic N) is 2. The van der Waals surface area contributed by atoms with Gasteiger partial charge in [-0.1, -0.05) is 44.2 Å². The molecule has 19 heavy (non-hydrogen) atoms. The molecule has 1 unspecified atom stereocenters. The van der Waals surface area contributed by atoms with Crippen LogP contribution < -0.4 is 11.3 Å². The molecule has 4 nitrogen and oxygen atoms in total. The van der Waals surface area contributed by atoms with Crippen LogP contribution in [0, 0.1) is 0 Å². The van der Waals surface area contributed by atoms with Crippen LogP contribution in [0.25, 0.3) is 0 Å². The first kappa shape index (κ1) is 13.8. The first-order valence-electron chi connectivity index (χ1n) is 6.54. The minimum Gasteiger partial charge on any atom is -0.276 e. The second-order valence-electron chi connectivity index (χ2n) is 5.49. The van der Waals surface area contributed by atoms with Crippen LogP contribution in [-0.4, -0.2) is 15.8 Å². The molecular formula is C15H22N4. The molecule has 1 atom stereocenters. The molecule has 3 N–H and O–H groups in total. The maximum Gasteiger partial charge on any atom is 0.0640 e. The van der Waals surface area contributed by atoms with Crippen molar-refractivity contribution in [1.82, 2.24) is 15.2 Å². The molecule has 4 heteroatoms. The van der Waals surface area contributed by atoms with Crippen molar-refractivity contribution in [2.75, 3.05) is 0 Å². The van der Waals surface area contributed by atoms with Crippen molar-refractivity contribution in [3.05, 3.63) is 53.9 Å². The SMILES string of the molecule is Cn1ccc(CC(NN)C(C)(C)c2ccccc2)n1. The highest BCUT2D eigenvalue weighted by Gasteiger charge is 2.31. The first-order chi connectivity index (χ1) is 9.04. The van der Waals surface area contributed by atoms with Gasteiger partial charge in [0.1, 0.15) is 0 Å². The van der Waals surface area contributed by atoms with E-state index < -0.39 is 0 Å². The quantitative estimate of drug-likeness (QED) is 0.635. The summed E-state index contributed by atoms with van der Waals surface area (Å²) in [6.07, 6.45) is 2.76. The number of benzene rings is 1. The van der Waals surface area contributed by atoms with Gasteiger partial charge in [0.25, 0.3) is 0 Å². The lowest BCUT2D eigenvalue weighted by Gasteiger charge is -2.34. The summed E-state index contributed by atoms with van der Waals surface area (Å²) in [5.41, 5.74) is 5.21. The molecule has 0 saturated carbocycles. The molecule has 1 aromatic carbocycles. The molecule has 0 aliphatic rings. The molecule has 0 aliphatic carbocycles. The summed E-state index contributed by atoms with van der Waals surface area (Å²) < 4.78 is 1.82. The number of aromatic nitrogens is 2. The minimum atomic E-state index is -0.0620. The molecule has 0 fully saturated rings.